The number of carbonyl (C=O) groups is 1. The van der Waals surface area contributed by atoms with Crippen LogP contribution in [-0.2, 0) is 14.3 Å². The highest BCUT2D eigenvalue weighted by atomic mass is 16.5. The summed E-state index contributed by atoms with van der Waals surface area (Å²) in [6, 6.07) is -0.333. The van der Waals surface area contributed by atoms with E-state index >= 15 is 0 Å². The van der Waals surface area contributed by atoms with Gasteiger partial charge < -0.3 is 14.8 Å². The molecule has 1 rings (SSSR count). The number of rotatable bonds is 18. The SMILES string of the molecule is [B][C@H]1C[C@H](NC(=O)CCCCCCC/C=C\CCCCCCCC)[C@@H](COC)O1. The number of amides is 1. The van der Waals surface area contributed by atoms with Gasteiger partial charge in [-0.3, -0.25) is 4.79 Å². The van der Waals surface area contributed by atoms with Gasteiger partial charge in [0.25, 0.3) is 0 Å². The van der Waals surface area contributed by atoms with Crippen molar-refractivity contribution in [2.45, 2.75) is 121 Å². The van der Waals surface area contributed by atoms with E-state index in [1.807, 2.05) is 0 Å². The van der Waals surface area contributed by atoms with Crippen LogP contribution >= 0.6 is 0 Å². The Hall–Kier alpha value is -0.805. The van der Waals surface area contributed by atoms with E-state index < -0.39 is 0 Å². The minimum atomic E-state index is -0.305. The van der Waals surface area contributed by atoms with Crippen molar-refractivity contribution in [2.24, 2.45) is 0 Å². The van der Waals surface area contributed by atoms with Crippen LogP contribution in [0.3, 0.4) is 0 Å². The predicted octanol–water partition coefficient (Wildman–Crippen LogP) is 5.44. The lowest BCUT2D eigenvalue weighted by atomic mass is 9.95. The molecule has 1 saturated heterocycles. The van der Waals surface area contributed by atoms with Crippen LogP contribution in [-0.4, -0.2) is 45.6 Å². The largest absolute Gasteiger partial charge is 0.382 e. The van der Waals surface area contributed by atoms with E-state index in [9.17, 15) is 4.79 Å². The fraction of sp³-hybridized carbons (Fsp3) is 0.875. The summed E-state index contributed by atoms with van der Waals surface area (Å²) >= 11 is 0. The lowest BCUT2D eigenvalue weighted by Crippen LogP contribution is -2.42. The third kappa shape index (κ3) is 13.9. The van der Waals surface area contributed by atoms with E-state index in [4.69, 9.17) is 17.3 Å². The normalized spacial score (nSPS) is 21.8. The Morgan fingerprint density at radius 1 is 1.00 bits per heavy atom. The summed E-state index contributed by atoms with van der Waals surface area (Å²) in [6.07, 6.45) is 22.3. The smallest absolute Gasteiger partial charge is 0.220 e. The van der Waals surface area contributed by atoms with E-state index in [0.717, 1.165) is 12.8 Å². The number of hydrogen-bond donors (Lipinski definition) is 1. The summed E-state index contributed by atoms with van der Waals surface area (Å²) < 4.78 is 10.7. The van der Waals surface area contributed by atoms with Crippen molar-refractivity contribution in [2.75, 3.05) is 13.7 Å². The molecule has 2 radical (unpaired) electrons. The van der Waals surface area contributed by atoms with E-state index in [2.05, 4.69) is 24.4 Å². The average molecular weight is 405 g/mol. The van der Waals surface area contributed by atoms with Gasteiger partial charge in [0.15, 0.2) is 0 Å². The third-order valence-corrected chi connectivity index (χ3v) is 5.63. The highest BCUT2D eigenvalue weighted by Gasteiger charge is 2.33. The van der Waals surface area contributed by atoms with Crippen molar-refractivity contribution >= 4 is 13.8 Å². The summed E-state index contributed by atoms with van der Waals surface area (Å²) in [4.78, 5) is 12.1. The summed E-state index contributed by atoms with van der Waals surface area (Å²) in [7, 11) is 7.46. The first kappa shape index (κ1) is 26.2. The highest BCUT2D eigenvalue weighted by molar-refractivity contribution is 6.11. The zero-order valence-corrected chi connectivity index (χ0v) is 19.0. The summed E-state index contributed by atoms with van der Waals surface area (Å²) in [5.41, 5.74) is 0. The Kier molecular flexibility index (Phi) is 16.3. The third-order valence-electron chi connectivity index (χ3n) is 5.63. The van der Waals surface area contributed by atoms with Crippen molar-refractivity contribution in [1.82, 2.24) is 5.32 Å². The molecule has 1 aliphatic rings. The maximum Gasteiger partial charge on any atom is 0.220 e. The predicted molar refractivity (Wildman–Crippen MR) is 122 cm³/mol. The molecular formula is C24H44BNO3. The zero-order chi connectivity index (χ0) is 21.2. The molecule has 0 saturated carbocycles. The molecule has 0 aromatic carbocycles. The van der Waals surface area contributed by atoms with E-state index in [1.165, 1.54) is 70.6 Å². The molecule has 1 amide bonds. The molecule has 0 aromatic rings. The quantitative estimate of drug-likeness (QED) is 0.188. The highest BCUT2D eigenvalue weighted by Crippen LogP contribution is 2.19. The molecule has 0 spiro atoms. The molecule has 1 N–H and O–H groups in total. The van der Waals surface area contributed by atoms with Gasteiger partial charge in [-0.2, -0.15) is 0 Å². The molecule has 0 bridgehead atoms. The summed E-state index contributed by atoms with van der Waals surface area (Å²) in [5, 5.41) is 3.06. The Morgan fingerprint density at radius 2 is 1.59 bits per heavy atom. The topological polar surface area (TPSA) is 47.6 Å². The van der Waals surface area contributed by atoms with Gasteiger partial charge in [0.1, 0.15) is 14.0 Å². The second-order valence-corrected chi connectivity index (χ2v) is 8.41. The molecule has 3 atom stereocenters. The Labute approximate surface area is 181 Å². The van der Waals surface area contributed by atoms with Crippen LogP contribution in [0, 0.1) is 0 Å². The molecule has 1 aliphatic heterocycles. The van der Waals surface area contributed by atoms with Crippen molar-refractivity contribution in [3.8, 4) is 0 Å². The van der Waals surface area contributed by atoms with Gasteiger partial charge in [0.2, 0.25) is 5.91 Å². The maximum absolute atomic E-state index is 12.1. The molecule has 0 aromatic heterocycles. The number of hydrogen-bond acceptors (Lipinski definition) is 3. The Balaban J connectivity index is 1.90. The maximum atomic E-state index is 12.1. The van der Waals surface area contributed by atoms with Crippen LogP contribution in [0.15, 0.2) is 12.2 Å². The Bertz CT molecular complexity index is 430. The lowest BCUT2D eigenvalue weighted by Gasteiger charge is -2.19. The van der Waals surface area contributed by atoms with Gasteiger partial charge in [-0.1, -0.05) is 70.4 Å². The molecule has 29 heavy (non-hydrogen) atoms. The molecular weight excluding hydrogens is 361 g/mol. The average Bonchev–Trinajstić information content (AvgIpc) is 3.04. The second-order valence-electron chi connectivity index (χ2n) is 8.41. The molecule has 1 fully saturated rings. The van der Waals surface area contributed by atoms with Crippen LogP contribution in [0.2, 0.25) is 0 Å². The monoisotopic (exact) mass is 405 g/mol. The van der Waals surface area contributed by atoms with Gasteiger partial charge >= 0.3 is 0 Å². The van der Waals surface area contributed by atoms with E-state index in [1.54, 1.807) is 7.11 Å². The minimum Gasteiger partial charge on any atom is -0.382 e. The first-order valence-electron chi connectivity index (χ1n) is 12.0. The number of ether oxygens (including phenoxy) is 2. The first-order valence-corrected chi connectivity index (χ1v) is 12.0. The van der Waals surface area contributed by atoms with Gasteiger partial charge in [-0.25, -0.2) is 0 Å². The molecule has 5 heteroatoms. The molecule has 4 nitrogen and oxygen atoms in total. The summed E-state index contributed by atoms with van der Waals surface area (Å²) in [6.45, 7) is 2.73. The lowest BCUT2D eigenvalue weighted by molar-refractivity contribution is -0.122. The molecule has 0 unspecified atom stereocenters. The number of methoxy groups -OCH3 is 1. The zero-order valence-electron chi connectivity index (χ0n) is 19.0. The number of allylic oxidation sites excluding steroid dienone is 2. The van der Waals surface area contributed by atoms with Crippen molar-refractivity contribution in [3.63, 3.8) is 0 Å². The van der Waals surface area contributed by atoms with Crippen LogP contribution < -0.4 is 5.32 Å². The fourth-order valence-electron chi connectivity index (χ4n) is 3.88. The van der Waals surface area contributed by atoms with Crippen LogP contribution in [0.5, 0.6) is 0 Å². The van der Waals surface area contributed by atoms with Gasteiger partial charge in [0, 0.05) is 19.5 Å². The standard InChI is InChI=1S/C24H44BNO3/c1-3-4-5-6-7-8-9-10-11-12-13-14-15-16-17-18-24(27)26-21-19-23(25)29-22(21)20-28-2/h10-11,21-23H,3-9,12-20H2,1-2H3,(H,26,27)/b11-10-/t21-,22+,23+/m0/s1. The van der Waals surface area contributed by atoms with Crippen molar-refractivity contribution in [3.05, 3.63) is 12.2 Å². The van der Waals surface area contributed by atoms with E-state index in [0.29, 0.717) is 19.4 Å². The number of nitrogens with one attached hydrogen (secondary N) is 1. The number of carbonyl (C=O) groups excluding carboxylic acids is 1. The van der Waals surface area contributed by atoms with E-state index in [-0.39, 0.29) is 24.1 Å². The van der Waals surface area contributed by atoms with Gasteiger partial charge in [0.05, 0.1) is 12.6 Å². The van der Waals surface area contributed by atoms with Crippen LogP contribution in [0.25, 0.3) is 0 Å². The molecule has 166 valence electrons. The van der Waals surface area contributed by atoms with Crippen LogP contribution in [0.1, 0.15) is 103 Å². The van der Waals surface area contributed by atoms with Crippen molar-refractivity contribution in [1.29, 1.82) is 0 Å². The fourth-order valence-corrected chi connectivity index (χ4v) is 3.88. The first-order chi connectivity index (χ1) is 14.2. The van der Waals surface area contributed by atoms with Gasteiger partial charge in [-0.05, 0) is 38.5 Å². The minimum absolute atomic E-state index is 0.0272. The Morgan fingerprint density at radius 3 is 2.21 bits per heavy atom. The number of unbranched alkanes of at least 4 members (excludes halogenated alkanes) is 11. The second kappa shape index (κ2) is 18.0. The van der Waals surface area contributed by atoms with Crippen LogP contribution in [0.4, 0.5) is 0 Å². The van der Waals surface area contributed by atoms with Crippen molar-refractivity contribution < 1.29 is 14.3 Å². The summed E-state index contributed by atoms with van der Waals surface area (Å²) in [5.74, 6) is 0.103. The van der Waals surface area contributed by atoms with Gasteiger partial charge in [-0.15, -0.1) is 0 Å². The molecule has 0 aliphatic carbocycles. The molecule has 1 heterocycles.